The van der Waals surface area contributed by atoms with Gasteiger partial charge in [-0.2, -0.15) is 4.31 Å². The second-order valence-corrected chi connectivity index (χ2v) is 8.73. The highest BCUT2D eigenvalue weighted by atomic mass is 32.2. The summed E-state index contributed by atoms with van der Waals surface area (Å²) in [5, 5.41) is 2.88. The van der Waals surface area contributed by atoms with Crippen LogP contribution in [-0.4, -0.2) is 36.3 Å². The molecule has 26 heavy (non-hydrogen) atoms. The molecule has 2 aromatic rings. The maximum Gasteiger partial charge on any atom is 0.268 e. The number of nitrogens with zero attached hydrogens (tertiary/aromatic N) is 2. The molecule has 1 fully saturated rings. The first kappa shape index (κ1) is 18.7. The zero-order valence-corrected chi connectivity index (χ0v) is 16.3. The number of hydrogen-bond acceptors (Lipinski definition) is 3. The minimum atomic E-state index is -3.54. The number of nitrogens with one attached hydrogen (secondary N) is 1. The zero-order valence-electron chi connectivity index (χ0n) is 15.4. The summed E-state index contributed by atoms with van der Waals surface area (Å²) in [6.45, 7) is 5.23. The molecule has 1 aromatic carbocycles. The molecule has 1 N–H and O–H groups in total. The van der Waals surface area contributed by atoms with Gasteiger partial charge >= 0.3 is 0 Å². The summed E-state index contributed by atoms with van der Waals surface area (Å²) in [5.74, 6) is -0.278. The van der Waals surface area contributed by atoms with Crippen molar-refractivity contribution in [2.45, 2.75) is 38.1 Å². The van der Waals surface area contributed by atoms with E-state index in [9.17, 15) is 13.2 Å². The number of hydrogen-bond donors (Lipinski definition) is 1. The van der Waals surface area contributed by atoms with Crippen molar-refractivity contribution in [3.05, 3.63) is 52.8 Å². The van der Waals surface area contributed by atoms with Crippen LogP contribution in [0.15, 0.2) is 35.2 Å². The van der Waals surface area contributed by atoms with Gasteiger partial charge in [0, 0.05) is 32.4 Å². The highest BCUT2D eigenvalue weighted by Crippen LogP contribution is 2.26. The van der Waals surface area contributed by atoms with Crippen LogP contribution in [0.2, 0.25) is 0 Å². The third kappa shape index (κ3) is 3.54. The number of amides is 1. The molecule has 0 radical (unpaired) electrons. The first-order valence-corrected chi connectivity index (χ1v) is 10.2. The number of sulfonamides is 1. The van der Waals surface area contributed by atoms with Crippen LogP contribution in [0.3, 0.4) is 0 Å². The van der Waals surface area contributed by atoms with Gasteiger partial charge in [-0.15, -0.1) is 0 Å². The van der Waals surface area contributed by atoms with Crippen LogP contribution in [0.5, 0.6) is 0 Å². The quantitative estimate of drug-likeness (QED) is 0.872. The lowest BCUT2D eigenvalue weighted by molar-refractivity contribution is 0.0942. The van der Waals surface area contributed by atoms with Gasteiger partial charge in [-0.05, 0) is 38.3 Å². The van der Waals surface area contributed by atoms with Crippen molar-refractivity contribution in [2.24, 2.45) is 7.05 Å². The van der Waals surface area contributed by atoms with E-state index in [1.54, 1.807) is 18.5 Å². The molecule has 6 nitrogen and oxygen atoms in total. The van der Waals surface area contributed by atoms with Crippen molar-refractivity contribution >= 4 is 15.9 Å². The van der Waals surface area contributed by atoms with E-state index in [0.29, 0.717) is 31.0 Å². The van der Waals surface area contributed by atoms with Crippen LogP contribution in [0.4, 0.5) is 0 Å². The molecule has 0 spiro atoms. The van der Waals surface area contributed by atoms with Gasteiger partial charge in [0.15, 0.2) is 0 Å². The smallest absolute Gasteiger partial charge is 0.268 e. The molecule has 7 heteroatoms. The summed E-state index contributed by atoms with van der Waals surface area (Å²) in [5.41, 5.74) is 3.07. The Balaban J connectivity index is 1.81. The fraction of sp³-hybridized carbons (Fsp3) is 0.421. The van der Waals surface area contributed by atoms with Crippen LogP contribution in [0.25, 0.3) is 0 Å². The number of benzene rings is 1. The molecular formula is C19H25N3O3S. The van der Waals surface area contributed by atoms with E-state index in [-0.39, 0.29) is 10.8 Å². The second-order valence-electron chi connectivity index (χ2n) is 6.82. The van der Waals surface area contributed by atoms with Crippen molar-refractivity contribution in [1.82, 2.24) is 14.2 Å². The normalized spacial score (nSPS) is 15.3. The van der Waals surface area contributed by atoms with E-state index in [1.165, 1.54) is 10.4 Å². The third-order valence-electron chi connectivity index (χ3n) is 4.94. The number of carbonyl (C=O) groups excluding carboxylic acids is 1. The average molecular weight is 375 g/mol. The summed E-state index contributed by atoms with van der Waals surface area (Å²) >= 11 is 0. The minimum Gasteiger partial charge on any atom is -0.347 e. The van der Waals surface area contributed by atoms with Crippen LogP contribution in [-0.2, 0) is 23.6 Å². The van der Waals surface area contributed by atoms with Crippen molar-refractivity contribution in [2.75, 3.05) is 13.1 Å². The van der Waals surface area contributed by atoms with E-state index in [4.69, 9.17) is 0 Å². The summed E-state index contributed by atoms with van der Waals surface area (Å²) in [4.78, 5) is 12.8. The van der Waals surface area contributed by atoms with Crippen LogP contribution < -0.4 is 5.32 Å². The summed E-state index contributed by atoms with van der Waals surface area (Å²) in [6.07, 6.45) is 1.77. The maximum atomic E-state index is 12.8. The molecule has 0 unspecified atom stereocenters. The van der Waals surface area contributed by atoms with Crippen molar-refractivity contribution < 1.29 is 13.2 Å². The van der Waals surface area contributed by atoms with Crippen molar-refractivity contribution in [3.8, 4) is 0 Å². The Hall–Kier alpha value is -2.12. The molecule has 1 amide bonds. The number of rotatable bonds is 5. The largest absolute Gasteiger partial charge is 0.347 e. The molecule has 0 aliphatic carbocycles. The molecule has 1 aromatic heterocycles. The fourth-order valence-corrected chi connectivity index (χ4v) is 5.10. The van der Waals surface area contributed by atoms with E-state index in [2.05, 4.69) is 5.32 Å². The molecule has 2 heterocycles. The van der Waals surface area contributed by atoms with Crippen molar-refractivity contribution in [3.63, 3.8) is 0 Å². The maximum absolute atomic E-state index is 12.8. The molecular weight excluding hydrogens is 350 g/mol. The van der Waals surface area contributed by atoms with Gasteiger partial charge in [0.2, 0.25) is 10.0 Å². The van der Waals surface area contributed by atoms with Gasteiger partial charge in [0.05, 0.1) is 0 Å². The zero-order chi connectivity index (χ0) is 18.9. The molecule has 1 aliphatic rings. The van der Waals surface area contributed by atoms with Crippen LogP contribution >= 0.6 is 0 Å². The standard InChI is InChI=1S/C19H25N3O3S/c1-14-7-6-8-16(11-14)13-20-19(23)17-12-18(15(2)21(17)3)26(24,25)22-9-4-5-10-22/h6-8,11-12H,4-5,9-10,13H2,1-3H3,(H,20,23). The second kappa shape index (κ2) is 7.25. The van der Waals surface area contributed by atoms with Gasteiger partial charge in [-0.1, -0.05) is 29.8 Å². The lowest BCUT2D eigenvalue weighted by Crippen LogP contribution is -2.28. The summed E-state index contributed by atoms with van der Waals surface area (Å²) < 4.78 is 28.8. The lowest BCUT2D eigenvalue weighted by Gasteiger charge is -2.15. The van der Waals surface area contributed by atoms with E-state index in [0.717, 1.165) is 24.0 Å². The molecule has 0 bridgehead atoms. The van der Waals surface area contributed by atoms with Gasteiger partial charge in [0.1, 0.15) is 10.6 Å². The van der Waals surface area contributed by atoms with Gasteiger partial charge in [-0.3, -0.25) is 4.79 Å². The Morgan fingerprint density at radius 1 is 1.15 bits per heavy atom. The number of aryl methyl sites for hydroxylation is 1. The van der Waals surface area contributed by atoms with E-state index < -0.39 is 10.0 Å². The van der Waals surface area contributed by atoms with Crippen molar-refractivity contribution in [1.29, 1.82) is 0 Å². The third-order valence-corrected chi connectivity index (χ3v) is 6.95. The molecule has 0 atom stereocenters. The van der Waals surface area contributed by atoms with Crippen LogP contribution in [0.1, 0.15) is 40.2 Å². The SMILES string of the molecule is Cc1cccc(CNC(=O)c2cc(S(=O)(=O)N3CCCC3)c(C)n2C)c1. The average Bonchev–Trinajstić information content (AvgIpc) is 3.23. The number of aromatic nitrogens is 1. The first-order valence-electron chi connectivity index (χ1n) is 8.81. The lowest BCUT2D eigenvalue weighted by atomic mass is 10.1. The Kier molecular flexibility index (Phi) is 5.20. The van der Waals surface area contributed by atoms with Gasteiger partial charge in [0.25, 0.3) is 5.91 Å². The Bertz CT molecular complexity index is 926. The van der Waals surface area contributed by atoms with E-state index in [1.807, 2.05) is 31.2 Å². The fourth-order valence-electron chi connectivity index (χ4n) is 3.31. The van der Waals surface area contributed by atoms with E-state index >= 15 is 0 Å². The van der Waals surface area contributed by atoms with Gasteiger partial charge in [-0.25, -0.2) is 8.42 Å². The predicted octanol–water partition coefficient (Wildman–Crippen LogP) is 2.36. The topological polar surface area (TPSA) is 71.4 Å². The molecule has 0 saturated carbocycles. The monoisotopic (exact) mass is 375 g/mol. The Morgan fingerprint density at radius 3 is 2.50 bits per heavy atom. The Morgan fingerprint density at radius 2 is 1.85 bits per heavy atom. The highest BCUT2D eigenvalue weighted by Gasteiger charge is 2.31. The first-order chi connectivity index (χ1) is 12.3. The molecule has 1 saturated heterocycles. The molecule has 140 valence electrons. The summed E-state index contributed by atoms with van der Waals surface area (Å²) in [7, 11) is -1.82. The molecule has 1 aliphatic heterocycles. The number of carbonyl (C=O) groups is 1. The Labute approximate surface area is 154 Å². The molecule has 3 rings (SSSR count). The minimum absolute atomic E-state index is 0.225. The van der Waals surface area contributed by atoms with Crippen LogP contribution in [0, 0.1) is 13.8 Å². The predicted molar refractivity (Wildman–Crippen MR) is 100 cm³/mol. The highest BCUT2D eigenvalue weighted by molar-refractivity contribution is 7.89. The van der Waals surface area contributed by atoms with Gasteiger partial charge < -0.3 is 9.88 Å². The summed E-state index contributed by atoms with van der Waals surface area (Å²) in [6, 6.07) is 9.41.